The van der Waals surface area contributed by atoms with Gasteiger partial charge in [0.25, 0.3) is 5.91 Å². The van der Waals surface area contributed by atoms with Crippen LogP contribution in [0.5, 0.6) is 0 Å². The first-order chi connectivity index (χ1) is 4.61. The second kappa shape index (κ2) is 2.09. The van der Waals surface area contributed by atoms with E-state index in [2.05, 4.69) is 5.32 Å². The largest absolute Gasteiger partial charge is 0.322 e. The molecule has 1 saturated heterocycles. The van der Waals surface area contributed by atoms with Crippen LogP contribution in [0.15, 0.2) is 0 Å². The van der Waals surface area contributed by atoms with Gasteiger partial charge < -0.3 is 5.32 Å². The number of nitrogens with one attached hydrogen (secondary N) is 2. The highest BCUT2D eigenvalue weighted by Crippen LogP contribution is 1.92. The van der Waals surface area contributed by atoms with Gasteiger partial charge in [0.05, 0.1) is 0 Å². The van der Waals surface area contributed by atoms with Crippen molar-refractivity contribution < 1.29 is 14.4 Å². The predicted molar refractivity (Wildman–Crippen MR) is 31.1 cm³/mol. The summed E-state index contributed by atoms with van der Waals surface area (Å²) in [5.74, 6) is -0.930. The Balaban J connectivity index is 2.72. The molecule has 1 aliphatic heterocycles. The molecule has 1 atom stereocenters. The number of amides is 3. The van der Waals surface area contributed by atoms with Gasteiger partial charge in [-0.2, -0.15) is 0 Å². The summed E-state index contributed by atoms with van der Waals surface area (Å²) in [5, 5.41) is 4.09. The number of imide groups is 1. The molecule has 1 unspecified atom stereocenters. The molecule has 0 aromatic carbocycles. The topological polar surface area (TPSA) is 75.3 Å². The third kappa shape index (κ3) is 0.975. The standard InChI is InChI=1S/C5H6N2O3/c1-2(8)3-4(9)7-5(10)6-3/h3H,1H3,(H2,6,7,9,10). The zero-order valence-electron chi connectivity index (χ0n) is 5.30. The highest BCUT2D eigenvalue weighted by molar-refractivity contribution is 6.15. The van der Waals surface area contributed by atoms with Crippen LogP contribution in [0.3, 0.4) is 0 Å². The molecule has 3 amide bonds. The van der Waals surface area contributed by atoms with E-state index in [0.29, 0.717) is 0 Å². The van der Waals surface area contributed by atoms with Crippen molar-refractivity contribution >= 4 is 17.7 Å². The molecule has 1 heterocycles. The molecule has 10 heavy (non-hydrogen) atoms. The van der Waals surface area contributed by atoms with Crippen molar-refractivity contribution in [3.8, 4) is 0 Å². The van der Waals surface area contributed by atoms with Crippen LogP contribution in [0.25, 0.3) is 0 Å². The maximum absolute atomic E-state index is 10.6. The minimum Gasteiger partial charge on any atom is -0.319 e. The van der Waals surface area contributed by atoms with E-state index in [1.807, 2.05) is 5.32 Å². The summed E-state index contributed by atoms with van der Waals surface area (Å²) < 4.78 is 0. The van der Waals surface area contributed by atoms with E-state index < -0.39 is 18.0 Å². The van der Waals surface area contributed by atoms with Crippen LogP contribution in [0.1, 0.15) is 6.92 Å². The fourth-order valence-electron chi connectivity index (χ4n) is 0.703. The van der Waals surface area contributed by atoms with E-state index in [0.717, 1.165) is 0 Å². The molecule has 1 aliphatic rings. The molecular formula is C5H6N2O3. The van der Waals surface area contributed by atoms with Gasteiger partial charge in [-0.05, 0) is 6.92 Å². The first-order valence-corrected chi connectivity index (χ1v) is 2.73. The first kappa shape index (κ1) is 6.73. The maximum atomic E-state index is 10.6. The summed E-state index contributed by atoms with van der Waals surface area (Å²) in [7, 11) is 0. The van der Waals surface area contributed by atoms with Gasteiger partial charge >= 0.3 is 6.03 Å². The van der Waals surface area contributed by atoms with E-state index in [1.54, 1.807) is 0 Å². The van der Waals surface area contributed by atoms with Crippen molar-refractivity contribution in [2.45, 2.75) is 13.0 Å². The maximum Gasteiger partial charge on any atom is 0.322 e. The Labute approximate surface area is 56.8 Å². The van der Waals surface area contributed by atoms with E-state index >= 15 is 0 Å². The highest BCUT2D eigenvalue weighted by atomic mass is 16.2. The van der Waals surface area contributed by atoms with E-state index in [4.69, 9.17) is 0 Å². The first-order valence-electron chi connectivity index (χ1n) is 2.73. The van der Waals surface area contributed by atoms with Crippen LogP contribution >= 0.6 is 0 Å². The Hall–Kier alpha value is -1.39. The molecule has 5 heteroatoms. The van der Waals surface area contributed by atoms with Crippen LogP contribution in [0.2, 0.25) is 0 Å². The monoisotopic (exact) mass is 142 g/mol. The smallest absolute Gasteiger partial charge is 0.319 e. The number of carbonyl (C=O) groups excluding carboxylic acids is 3. The number of ketones is 1. The van der Waals surface area contributed by atoms with Crippen molar-refractivity contribution in [2.75, 3.05) is 0 Å². The molecule has 0 aliphatic carbocycles. The van der Waals surface area contributed by atoms with E-state index in [-0.39, 0.29) is 5.78 Å². The Morgan fingerprint density at radius 3 is 2.30 bits per heavy atom. The van der Waals surface area contributed by atoms with Gasteiger partial charge in [0.15, 0.2) is 11.8 Å². The fourth-order valence-corrected chi connectivity index (χ4v) is 0.703. The summed E-state index contributed by atoms with van der Waals surface area (Å²) in [6.07, 6.45) is 0. The quantitative estimate of drug-likeness (QED) is 0.356. The Morgan fingerprint density at radius 1 is 1.50 bits per heavy atom. The number of hydrogen-bond acceptors (Lipinski definition) is 3. The molecule has 0 radical (unpaired) electrons. The van der Waals surface area contributed by atoms with Gasteiger partial charge in [-0.15, -0.1) is 0 Å². The minimum atomic E-state index is -0.979. The Kier molecular flexibility index (Phi) is 1.41. The van der Waals surface area contributed by atoms with E-state index in [1.165, 1.54) is 6.92 Å². The molecule has 0 aromatic heterocycles. The predicted octanol–water partition coefficient (Wildman–Crippen LogP) is -1.22. The summed E-state index contributed by atoms with van der Waals surface area (Å²) in [5.41, 5.74) is 0. The Bertz CT molecular complexity index is 211. The average Bonchev–Trinajstić information content (AvgIpc) is 2.10. The molecule has 0 bridgehead atoms. The van der Waals surface area contributed by atoms with Crippen molar-refractivity contribution in [3.05, 3.63) is 0 Å². The average molecular weight is 142 g/mol. The number of carbonyl (C=O) groups is 3. The number of rotatable bonds is 1. The van der Waals surface area contributed by atoms with Crippen LogP contribution in [-0.2, 0) is 9.59 Å². The van der Waals surface area contributed by atoms with Gasteiger partial charge in [-0.3, -0.25) is 14.9 Å². The zero-order valence-corrected chi connectivity index (χ0v) is 5.30. The van der Waals surface area contributed by atoms with Gasteiger partial charge in [0, 0.05) is 0 Å². The summed E-state index contributed by atoms with van der Waals surface area (Å²) >= 11 is 0. The van der Waals surface area contributed by atoms with Gasteiger partial charge in [-0.1, -0.05) is 0 Å². The van der Waals surface area contributed by atoms with E-state index in [9.17, 15) is 14.4 Å². The normalized spacial score (nSPS) is 23.9. The van der Waals surface area contributed by atoms with Crippen molar-refractivity contribution in [2.24, 2.45) is 0 Å². The molecule has 2 N–H and O–H groups in total. The summed E-state index contributed by atoms with van der Waals surface area (Å²) in [4.78, 5) is 31.5. The SMILES string of the molecule is CC(=O)C1NC(=O)NC1=O. The lowest BCUT2D eigenvalue weighted by atomic mass is 10.2. The lowest BCUT2D eigenvalue weighted by molar-refractivity contribution is -0.127. The molecule has 1 rings (SSSR count). The molecule has 5 nitrogen and oxygen atoms in total. The van der Waals surface area contributed by atoms with Crippen LogP contribution < -0.4 is 10.6 Å². The van der Waals surface area contributed by atoms with Gasteiger partial charge in [0.1, 0.15) is 0 Å². The molecule has 0 saturated carbocycles. The number of Topliss-reactive ketones (excluding diaryl/α,β-unsaturated/α-hetero) is 1. The minimum absolute atomic E-state index is 0.358. The fraction of sp³-hybridized carbons (Fsp3) is 0.400. The lowest BCUT2D eigenvalue weighted by Crippen LogP contribution is -2.35. The van der Waals surface area contributed by atoms with Gasteiger partial charge in [0.2, 0.25) is 0 Å². The molecule has 0 spiro atoms. The number of urea groups is 1. The third-order valence-electron chi connectivity index (χ3n) is 1.18. The Morgan fingerprint density at radius 2 is 2.10 bits per heavy atom. The molecule has 0 aromatic rings. The molecule has 54 valence electrons. The van der Waals surface area contributed by atoms with Gasteiger partial charge in [-0.25, -0.2) is 4.79 Å². The summed E-state index contributed by atoms with van der Waals surface area (Å²) in [6, 6.07) is -1.59. The van der Waals surface area contributed by atoms with Crippen LogP contribution in [0.4, 0.5) is 4.79 Å². The second-order valence-electron chi connectivity index (χ2n) is 2.01. The third-order valence-corrected chi connectivity index (χ3v) is 1.18. The molecule has 1 fully saturated rings. The second-order valence-corrected chi connectivity index (χ2v) is 2.01. The zero-order chi connectivity index (χ0) is 7.72. The van der Waals surface area contributed by atoms with Crippen molar-refractivity contribution in [1.82, 2.24) is 10.6 Å². The number of hydrogen-bond donors (Lipinski definition) is 2. The molecular weight excluding hydrogens is 136 g/mol. The summed E-state index contributed by atoms with van der Waals surface area (Å²) in [6.45, 7) is 1.25. The lowest BCUT2D eigenvalue weighted by Gasteiger charge is -1.97. The van der Waals surface area contributed by atoms with Crippen LogP contribution in [0, 0.1) is 0 Å². The van der Waals surface area contributed by atoms with Crippen molar-refractivity contribution in [1.29, 1.82) is 0 Å². The van der Waals surface area contributed by atoms with Crippen LogP contribution in [-0.4, -0.2) is 23.8 Å². The highest BCUT2D eigenvalue weighted by Gasteiger charge is 2.32. The van der Waals surface area contributed by atoms with Crippen molar-refractivity contribution in [3.63, 3.8) is 0 Å².